The third-order valence-electron chi connectivity index (χ3n) is 4.91. The number of nitrogens with zero attached hydrogens (tertiary/aromatic N) is 3. The van der Waals surface area contributed by atoms with Gasteiger partial charge in [-0.3, -0.25) is 19.6 Å². The third kappa shape index (κ3) is 2.68. The van der Waals surface area contributed by atoms with E-state index in [1.807, 2.05) is 12.1 Å². The molecule has 0 spiro atoms. The molecule has 1 aromatic rings. The average molecular weight is 289 g/mol. The summed E-state index contributed by atoms with van der Waals surface area (Å²) in [5.41, 5.74) is 0.787. The zero-order chi connectivity index (χ0) is 14.8. The highest BCUT2D eigenvalue weighted by Gasteiger charge is 2.42. The Balaban J connectivity index is 1.90. The Kier molecular flexibility index (Phi) is 4.22. The van der Waals surface area contributed by atoms with E-state index in [1.54, 1.807) is 12.4 Å². The molecule has 2 aliphatic heterocycles. The van der Waals surface area contributed by atoms with Gasteiger partial charge in [0.2, 0.25) is 0 Å². The van der Waals surface area contributed by atoms with E-state index in [4.69, 9.17) is 0 Å². The van der Waals surface area contributed by atoms with Crippen LogP contribution in [0.3, 0.4) is 0 Å². The summed E-state index contributed by atoms with van der Waals surface area (Å²) in [7, 11) is 0. The van der Waals surface area contributed by atoms with Gasteiger partial charge in [0.25, 0.3) is 0 Å². The van der Waals surface area contributed by atoms with Gasteiger partial charge in [0.15, 0.2) is 0 Å². The van der Waals surface area contributed by atoms with Gasteiger partial charge >= 0.3 is 5.97 Å². The minimum atomic E-state index is -0.770. The van der Waals surface area contributed by atoms with Crippen molar-refractivity contribution in [2.75, 3.05) is 19.6 Å². The number of hydrogen-bond donors (Lipinski definition) is 1. The van der Waals surface area contributed by atoms with Crippen molar-refractivity contribution in [3.63, 3.8) is 0 Å². The lowest BCUT2D eigenvalue weighted by atomic mass is 9.94. The van der Waals surface area contributed by atoms with Crippen molar-refractivity contribution in [2.45, 2.75) is 44.3 Å². The molecule has 0 aliphatic carbocycles. The molecule has 2 saturated heterocycles. The van der Waals surface area contributed by atoms with E-state index in [9.17, 15) is 9.90 Å². The molecule has 3 unspecified atom stereocenters. The molecular weight excluding hydrogens is 266 g/mol. The monoisotopic (exact) mass is 289 g/mol. The maximum absolute atomic E-state index is 11.9. The summed E-state index contributed by atoms with van der Waals surface area (Å²) in [6, 6.07) is 3.95. The fourth-order valence-electron chi connectivity index (χ4n) is 4.04. The molecule has 3 rings (SSSR count). The van der Waals surface area contributed by atoms with Crippen molar-refractivity contribution in [1.29, 1.82) is 0 Å². The van der Waals surface area contributed by atoms with Crippen molar-refractivity contribution in [3.05, 3.63) is 30.1 Å². The Morgan fingerprint density at radius 3 is 3.00 bits per heavy atom. The van der Waals surface area contributed by atoms with Crippen LogP contribution in [0.5, 0.6) is 0 Å². The number of hydrogen-bond acceptors (Lipinski definition) is 4. The van der Waals surface area contributed by atoms with Crippen molar-refractivity contribution in [2.24, 2.45) is 0 Å². The lowest BCUT2D eigenvalue weighted by Crippen LogP contribution is -2.58. The van der Waals surface area contributed by atoms with Gasteiger partial charge in [0, 0.05) is 37.6 Å². The normalized spacial score (nSPS) is 28.2. The van der Waals surface area contributed by atoms with Crippen molar-refractivity contribution >= 4 is 5.97 Å². The Labute approximate surface area is 125 Å². The van der Waals surface area contributed by atoms with E-state index in [-0.39, 0.29) is 0 Å². The van der Waals surface area contributed by atoms with E-state index in [0.717, 1.165) is 25.1 Å². The van der Waals surface area contributed by atoms with Crippen LogP contribution in [-0.4, -0.2) is 57.6 Å². The van der Waals surface area contributed by atoms with Crippen LogP contribution < -0.4 is 0 Å². The van der Waals surface area contributed by atoms with Crippen LogP contribution in [0.25, 0.3) is 0 Å². The predicted octanol–water partition coefficient (Wildman–Crippen LogP) is 1.77. The quantitative estimate of drug-likeness (QED) is 0.915. The van der Waals surface area contributed by atoms with Crippen LogP contribution in [0.2, 0.25) is 0 Å². The average Bonchev–Trinajstić information content (AvgIpc) is 2.96. The van der Waals surface area contributed by atoms with E-state index in [2.05, 4.69) is 21.7 Å². The maximum Gasteiger partial charge on any atom is 0.325 e. The SMILES string of the molecule is CCC1C2CCCN2CCN1C(C(=O)O)c1cccnc1. The topological polar surface area (TPSA) is 56.7 Å². The summed E-state index contributed by atoms with van der Waals surface area (Å²) in [4.78, 5) is 20.7. The second-order valence-corrected chi connectivity index (χ2v) is 5.99. The molecule has 2 fully saturated rings. The molecule has 1 N–H and O–H groups in total. The number of piperazine rings is 1. The first-order valence-electron chi connectivity index (χ1n) is 7.85. The minimum Gasteiger partial charge on any atom is -0.480 e. The lowest BCUT2D eigenvalue weighted by molar-refractivity contribution is -0.146. The third-order valence-corrected chi connectivity index (χ3v) is 4.91. The van der Waals surface area contributed by atoms with Gasteiger partial charge in [-0.15, -0.1) is 0 Å². The Hall–Kier alpha value is -1.46. The van der Waals surface area contributed by atoms with Crippen molar-refractivity contribution in [1.82, 2.24) is 14.8 Å². The summed E-state index contributed by atoms with van der Waals surface area (Å²) < 4.78 is 0. The smallest absolute Gasteiger partial charge is 0.325 e. The van der Waals surface area contributed by atoms with Crippen LogP contribution in [0.15, 0.2) is 24.5 Å². The zero-order valence-electron chi connectivity index (χ0n) is 12.5. The second-order valence-electron chi connectivity index (χ2n) is 5.99. The van der Waals surface area contributed by atoms with Gasteiger partial charge in [-0.2, -0.15) is 0 Å². The lowest BCUT2D eigenvalue weighted by Gasteiger charge is -2.46. The van der Waals surface area contributed by atoms with Crippen LogP contribution in [0.1, 0.15) is 37.8 Å². The molecule has 0 radical (unpaired) electrons. The molecule has 0 aromatic carbocycles. The Morgan fingerprint density at radius 1 is 1.48 bits per heavy atom. The number of carboxylic acid groups (broad SMARTS) is 1. The number of rotatable bonds is 4. The molecule has 2 aliphatic rings. The molecular formula is C16H23N3O2. The van der Waals surface area contributed by atoms with Gasteiger partial charge in [0.1, 0.15) is 6.04 Å². The van der Waals surface area contributed by atoms with Gasteiger partial charge in [-0.05, 0) is 37.4 Å². The highest BCUT2D eigenvalue weighted by atomic mass is 16.4. The Morgan fingerprint density at radius 2 is 2.33 bits per heavy atom. The number of aliphatic carboxylic acids is 1. The zero-order valence-corrected chi connectivity index (χ0v) is 12.5. The van der Waals surface area contributed by atoms with E-state index in [1.165, 1.54) is 19.4 Å². The molecule has 5 heteroatoms. The number of pyridine rings is 1. The van der Waals surface area contributed by atoms with Crippen LogP contribution in [-0.2, 0) is 4.79 Å². The van der Waals surface area contributed by atoms with Gasteiger partial charge in [-0.25, -0.2) is 0 Å². The number of carboxylic acids is 1. The van der Waals surface area contributed by atoms with E-state index >= 15 is 0 Å². The highest BCUT2D eigenvalue weighted by molar-refractivity contribution is 5.75. The van der Waals surface area contributed by atoms with Gasteiger partial charge < -0.3 is 5.11 Å². The molecule has 0 saturated carbocycles. The van der Waals surface area contributed by atoms with Crippen LogP contribution in [0, 0.1) is 0 Å². The minimum absolute atomic E-state index is 0.322. The molecule has 0 amide bonds. The number of fused-ring (bicyclic) bond motifs is 1. The van der Waals surface area contributed by atoms with Crippen LogP contribution >= 0.6 is 0 Å². The fraction of sp³-hybridized carbons (Fsp3) is 0.625. The van der Waals surface area contributed by atoms with Gasteiger partial charge in [-0.1, -0.05) is 13.0 Å². The summed E-state index contributed by atoms with van der Waals surface area (Å²) in [5, 5.41) is 9.75. The van der Waals surface area contributed by atoms with Crippen molar-refractivity contribution in [3.8, 4) is 0 Å². The fourth-order valence-corrected chi connectivity index (χ4v) is 4.04. The molecule has 1 aromatic heterocycles. The molecule has 5 nitrogen and oxygen atoms in total. The Bertz CT molecular complexity index is 494. The predicted molar refractivity (Wildman–Crippen MR) is 80.0 cm³/mol. The summed E-state index contributed by atoms with van der Waals surface area (Å²) >= 11 is 0. The van der Waals surface area contributed by atoms with Crippen LogP contribution in [0.4, 0.5) is 0 Å². The first kappa shape index (κ1) is 14.5. The van der Waals surface area contributed by atoms with E-state index in [0.29, 0.717) is 12.1 Å². The standard InChI is InChI=1S/C16H23N3O2/c1-2-13-14-6-4-8-18(14)9-10-19(13)15(16(20)21)12-5-3-7-17-11-12/h3,5,7,11,13-15H,2,4,6,8-10H2,1H3,(H,20,21). The first-order chi connectivity index (χ1) is 10.2. The van der Waals surface area contributed by atoms with Gasteiger partial charge in [0.05, 0.1) is 0 Å². The van der Waals surface area contributed by atoms with E-state index < -0.39 is 12.0 Å². The second kappa shape index (κ2) is 6.12. The molecule has 3 atom stereocenters. The largest absolute Gasteiger partial charge is 0.480 e. The summed E-state index contributed by atoms with van der Waals surface area (Å²) in [6.45, 7) is 5.13. The maximum atomic E-state index is 11.9. The molecule has 0 bridgehead atoms. The highest BCUT2D eigenvalue weighted by Crippen LogP contribution is 2.34. The molecule has 114 valence electrons. The number of aromatic nitrogens is 1. The first-order valence-corrected chi connectivity index (χ1v) is 7.85. The molecule has 3 heterocycles. The summed E-state index contributed by atoms with van der Waals surface area (Å²) in [6.07, 6.45) is 6.79. The number of carbonyl (C=O) groups is 1. The summed E-state index contributed by atoms with van der Waals surface area (Å²) in [5.74, 6) is -0.770. The van der Waals surface area contributed by atoms with Crippen molar-refractivity contribution < 1.29 is 9.90 Å². The molecule has 21 heavy (non-hydrogen) atoms.